The van der Waals surface area contributed by atoms with Gasteiger partial charge in [0, 0.05) is 32.0 Å². The molecule has 0 fully saturated rings. The molecule has 0 aliphatic rings. The van der Waals surface area contributed by atoms with E-state index in [1.165, 1.54) is 14.0 Å². The first-order chi connectivity index (χ1) is 14.8. The van der Waals surface area contributed by atoms with E-state index in [1.807, 2.05) is 19.9 Å². The first-order valence-electron chi connectivity index (χ1n) is 10.1. The number of nitrogens with zero attached hydrogens (tertiary/aromatic N) is 1. The number of pyridine rings is 1. The Labute approximate surface area is 181 Å². The molecule has 0 aliphatic carbocycles. The summed E-state index contributed by atoms with van der Waals surface area (Å²) in [6.07, 6.45) is 1.46. The van der Waals surface area contributed by atoms with Crippen molar-refractivity contribution in [2.75, 3.05) is 26.9 Å². The maximum Gasteiger partial charge on any atom is 0.339 e. The molecule has 0 aromatic carbocycles. The van der Waals surface area contributed by atoms with E-state index < -0.39 is 11.8 Å². The van der Waals surface area contributed by atoms with Crippen LogP contribution in [-0.2, 0) is 31.2 Å². The number of ether oxygens (including phenoxy) is 3. The normalized spacial score (nSPS) is 11.3. The molecule has 31 heavy (non-hydrogen) atoms. The molecular weight excluding hydrogens is 402 g/mol. The summed E-state index contributed by atoms with van der Waals surface area (Å²) in [5, 5.41) is 2.80. The largest absolute Gasteiger partial charge is 0.465 e. The molecule has 0 atom stereocenters. The van der Waals surface area contributed by atoms with Crippen molar-refractivity contribution in [3.63, 3.8) is 0 Å². The van der Waals surface area contributed by atoms with Crippen LogP contribution in [0.4, 0.5) is 0 Å². The van der Waals surface area contributed by atoms with Gasteiger partial charge in [0.25, 0.3) is 0 Å². The molecule has 2 N–H and O–H groups in total. The van der Waals surface area contributed by atoms with Crippen molar-refractivity contribution >= 4 is 17.7 Å². The van der Waals surface area contributed by atoms with Crippen LogP contribution in [0.1, 0.15) is 58.6 Å². The second kappa shape index (κ2) is 10.8. The maximum absolute atomic E-state index is 12.8. The average molecular weight is 431 g/mol. The van der Waals surface area contributed by atoms with Crippen molar-refractivity contribution in [3.8, 4) is 0 Å². The van der Waals surface area contributed by atoms with Crippen molar-refractivity contribution in [1.29, 1.82) is 0 Å². The fourth-order valence-corrected chi connectivity index (χ4v) is 3.40. The van der Waals surface area contributed by atoms with Crippen molar-refractivity contribution < 1.29 is 28.6 Å². The van der Waals surface area contributed by atoms with Gasteiger partial charge < -0.3 is 24.5 Å². The standard InChI is InChI=1S/C22H29N3O6/c1-6-30-22(31-7-2,17-10-8-9-11-23-17)13-24-18(27)12-16-19(21(28)29-5)14(3)20(25-16)15(4)26/h8-11,25H,6-7,12-13H2,1-5H3,(H,24,27). The highest BCUT2D eigenvalue weighted by Crippen LogP contribution is 2.25. The van der Waals surface area contributed by atoms with Crippen molar-refractivity contribution in [2.45, 2.75) is 39.9 Å². The Morgan fingerprint density at radius 2 is 1.84 bits per heavy atom. The first-order valence-corrected chi connectivity index (χ1v) is 10.1. The van der Waals surface area contributed by atoms with Gasteiger partial charge in [0.15, 0.2) is 5.78 Å². The van der Waals surface area contributed by atoms with Gasteiger partial charge in [-0.15, -0.1) is 0 Å². The number of hydrogen-bond donors (Lipinski definition) is 2. The van der Waals surface area contributed by atoms with Gasteiger partial charge in [0.1, 0.15) is 5.69 Å². The third-order valence-corrected chi connectivity index (χ3v) is 4.74. The summed E-state index contributed by atoms with van der Waals surface area (Å²) in [5.41, 5.74) is 1.75. The number of rotatable bonds is 11. The van der Waals surface area contributed by atoms with Gasteiger partial charge in [-0.25, -0.2) is 4.79 Å². The Hall–Kier alpha value is -3.04. The first kappa shape index (κ1) is 24.2. The summed E-state index contributed by atoms with van der Waals surface area (Å²) in [7, 11) is 1.25. The van der Waals surface area contributed by atoms with Crippen molar-refractivity contribution in [3.05, 3.63) is 52.6 Å². The van der Waals surface area contributed by atoms with Crippen molar-refractivity contribution in [1.82, 2.24) is 15.3 Å². The summed E-state index contributed by atoms with van der Waals surface area (Å²) >= 11 is 0. The lowest BCUT2D eigenvalue weighted by molar-refractivity contribution is -0.241. The average Bonchev–Trinajstić information content (AvgIpc) is 3.08. The zero-order chi connectivity index (χ0) is 23.0. The molecule has 9 nitrogen and oxygen atoms in total. The number of aromatic nitrogens is 2. The maximum atomic E-state index is 12.8. The Morgan fingerprint density at radius 1 is 1.16 bits per heavy atom. The molecule has 0 aliphatic heterocycles. The molecule has 0 radical (unpaired) electrons. The molecule has 168 valence electrons. The van der Waals surface area contributed by atoms with Crippen LogP contribution in [0.3, 0.4) is 0 Å². The quantitative estimate of drug-likeness (QED) is 0.318. The second-order valence-electron chi connectivity index (χ2n) is 6.81. The van der Waals surface area contributed by atoms with E-state index in [0.29, 0.717) is 30.2 Å². The third-order valence-electron chi connectivity index (χ3n) is 4.74. The second-order valence-corrected chi connectivity index (χ2v) is 6.81. The minimum atomic E-state index is -1.25. The van der Waals surface area contributed by atoms with Crippen LogP contribution >= 0.6 is 0 Å². The molecule has 2 rings (SSSR count). The van der Waals surface area contributed by atoms with Crippen LogP contribution in [0.2, 0.25) is 0 Å². The van der Waals surface area contributed by atoms with Gasteiger partial charge in [-0.05, 0) is 38.5 Å². The lowest BCUT2D eigenvalue weighted by Gasteiger charge is -2.32. The van der Waals surface area contributed by atoms with Gasteiger partial charge >= 0.3 is 5.97 Å². The van der Waals surface area contributed by atoms with Crippen LogP contribution in [0.25, 0.3) is 0 Å². The zero-order valence-electron chi connectivity index (χ0n) is 18.5. The van der Waals surface area contributed by atoms with Crippen LogP contribution in [0.5, 0.6) is 0 Å². The third kappa shape index (κ3) is 5.56. The van der Waals surface area contributed by atoms with Crippen LogP contribution in [-0.4, -0.2) is 54.5 Å². The van der Waals surface area contributed by atoms with Crippen LogP contribution < -0.4 is 5.32 Å². The lowest BCUT2D eigenvalue weighted by Crippen LogP contribution is -2.46. The summed E-state index contributed by atoms with van der Waals surface area (Å²) in [5.74, 6) is -2.49. The number of amides is 1. The molecule has 0 unspecified atom stereocenters. The molecular formula is C22H29N3O6. The number of carbonyl (C=O) groups excluding carboxylic acids is 3. The van der Waals surface area contributed by atoms with Gasteiger partial charge in [-0.1, -0.05) is 6.07 Å². The molecule has 1 amide bonds. The lowest BCUT2D eigenvalue weighted by atomic mass is 10.1. The van der Waals surface area contributed by atoms with Gasteiger partial charge in [0.2, 0.25) is 11.7 Å². The fourth-order valence-electron chi connectivity index (χ4n) is 3.40. The van der Waals surface area contributed by atoms with E-state index in [4.69, 9.17) is 14.2 Å². The molecule has 2 heterocycles. The number of hydrogen-bond acceptors (Lipinski definition) is 7. The monoisotopic (exact) mass is 431 g/mol. The topological polar surface area (TPSA) is 120 Å². The van der Waals surface area contributed by atoms with Gasteiger partial charge in [0.05, 0.1) is 31.3 Å². The van der Waals surface area contributed by atoms with Crippen LogP contribution in [0.15, 0.2) is 24.4 Å². The Kier molecular flexibility index (Phi) is 8.47. The minimum Gasteiger partial charge on any atom is -0.465 e. The van der Waals surface area contributed by atoms with E-state index in [9.17, 15) is 14.4 Å². The number of esters is 1. The van der Waals surface area contributed by atoms with E-state index in [1.54, 1.807) is 25.3 Å². The Balaban J connectivity index is 2.26. The minimum absolute atomic E-state index is 0.0113. The number of carbonyl (C=O) groups is 3. The number of methoxy groups -OCH3 is 1. The highest BCUT2D eigenvalue weighted by Gasteiger charge is 2.36. The fraction of sp³-hybridized carbons (Fsp3) is 0.455. The predicted octanol–water partition coefficient (Wildman–Crippen LogP) is 2.29. The van der Waals surface area contributed by atoms with E-state index >= 15 is 0 Å². The summed E-state index contributed by atoms with van der Waals surface area (Å²) < 4.78 is 16.5. The summed E-state index contributed by atoms with van der Waals surface area (Å²) in [4.78, 5) is 44.0. The number of Topliss-reactive ketones (excluding diaryl/α,β-unsaturated/α-hetero) is 1. The highest BCUT2D eigenvalue weighted by atomic mass is 16.7. The number of aromatic amines is 1. The molecule has 0 saturated carbocycles. The van der Waals surface area contributed by atoms with E-state index in [0.717, 1.165) is 0 Å². The number of ketones is 1. The SMILES string of the molecule is CCOC(CNC(=O)Cc1[nH]c(C(C)=O)c(C)c1C(=O)OC)(OCC)c1ccccn1. The highest BCUT2D eigenvalue weighted by molar-refractivity contribution is 6.01. The molecule has 0 saturated heterocycles. The summed E-state index contributed by atoms with van der Waals surface area (Å²) in [6, 6.07) is 5.35. The smallest absolute Gasteiger partial charge is 0.339 e. The van der Waals surface area contributed by atoms with E-state index in [2.05, 4.69) is 15.3 Å². The van der Waals surface area contributed by atoms with Gasteiger partial charge in [-0.2, -0.15) is 0 Å². The zero-order valence-corrected chi connectivity index (χ0v) is 18.5. The summed E-state index contributed by atoms with van der Waals surface area (Å²) in [6.45, 7) is 7.37. The van der Waals surface area contributed by atoms with Crippen LogP contribution in [0, 0.1) is 6.92 Å². The molecule has 9 heteroatoms. The Bertz CT molecular complexity index is 917. The predicted molar refractivity (Wildman–Crippen MR) is 113 cm³/mol. The molecule has 0 spiro atoms. The number of H-pyrrole nitrogens is 1. The molecule has 2 aromatic heterocycles. The number of nitrogens with one attached hydrogen (secondary N) is 2. The molecule has 0 bridgehead atoms. The van der Waals surface area contributed by atoms with Crippen molar-refractivity contribution in [2.24, 2.45) is 0 Å². The van der Waals surface area contributed by atoms with E-state index in [-0.39, 0.29) is 35.9 Å². The Morgan fingerprint density at radius 3 is 2.35 bits per heavy atom. The van der Waals surface area contributed by atoms with Gasteiger partial charge in [-0.3, -0.25) is 14.6 Å². The molecule has 2 aromatic rings.